The molecule has 6 nitrogen and oxygen atoms in total. The van der Waals surface area contributed by atoms with E-state index >= 15 is 0 Å². The maximum Gasteiger partial charge on any atom is 0.319 e. The second kappa shape index (κ2) is 7.59. The van der Waals surface area contributed by atoms with Gasteiger partial charge in [-0.15, -0.1) is 0 Å². The van der Waals surface area contributed by atoms with E-state index in [9.17, 15) is 14.3 Å². The molecule has 3 aromatic rings. The molecule has 0 saturated carbocycles. The fourth-order valence-corrected chi connectivity index (χ4v) is 2.28. The third-order valence-electron chi connectivity index (χ3n) is 3.57. The highest BCUT2D eigenvalue weighted by Gasteiger charge is 2.10. The SMILES string of the molecule is O=C(NCC(O)c1ccc(F)cc1)Nc1cnn(-c2ccccc2)c1. The van der Waals surface area contributed by atoms with Crippen LogP contribution in [0.1, 0.15) is 11.7 Å². The molecule has 1 atom stereocenters. The molecule has 2 amide bonds. The molecule has 0 bridgehead atoms. The molecule has 0 radical (unpaired) electrons. The number of benzene rings is 2. The Morgan fingerprint density at radius 3 is 2.60 bits per heavy atom. The van der Waals surface area contributed by atoms with Crippen LogP contribution in [0.4, 0.5) is 14.9 Å². The normalized spacial score (nSPS) is 11.8. The van der Waals surface area contributed by atoms with E-state index in [-0.39, 0.29) is 12.4 Å². The van der Waals surface area contributed by atoms with Gasteiger partial charge in [0.1, 0.15) is 5.82 Å². The van der Waals surface area contributed by atoms with E-state index < -0.39 is 12.1 Å². The number of aliphatic hydroxyl groups excluding tert-OH is 1. The number of hydrogen-bond donors (Lipinski definition) is 3. The molecular formula is C18H17FN4O2. The highest BCUT2D eigenvalue weighted by Crippen LogP contribution is 2.13. The monoisotopic (exact) mass is 340 g/mol. The third-order valence-corrected chi connectivity index (χ3v) is 3.57. The summed E-state index contributed by atoms with van der Waals surface area (Å²) in [5, 5.41) is 19.4. The van der Waals surface area contributed by atoms with Gasteiger partial charge in [0.05, 0.1) is 29.9 Å². The number of rotatable bonds is 5. The van der Waals surface area contributed by atoms with Crippen LogP contribution in [0.2, 0.25) is 0 Å². The lowest BCUT2D eigenvalue weighted by molar-refractivity contribution is 0.175. The minimum atomic E-state index is -0.918. The number of para-hydroxylation sites is 1. The van der Waals surface area contributed by atoms with Crippen molar-refractivity contribution in [2.45, 2.75) is 6.10 Å². The summed E-state index contributed by atoms with van der Waals surface area (Å²) in [5.74, 6) is -0.378. The van der Waals surface area contributed by atoms with Crippen molar-refractivity contribution in [3.05, 3.63) is 78.4 Å². The van der Waals surface area contributed by atoms with Gasteiger partial charge in [-0.05, 0) is 29.8 Å². The van der Waals surface area contributed by atoms with Crippen molar-refractivity contribution in [1.82, 2.24) is 15.1 Å². The number of aromatic nitrogens is 2. The fourth-order valence-electron chi connectivity index (χ4n) is 2.28. The summed E-state index contributed by atoms with van der Waals surface area (Å²) in [6, 6.07) is 14.5. The van der Waals surface area contributed by atoms with Gasteiger partial charge in [-0.1, -0.05) is 30.3 Å². The highest BCUT2D eigenvalue weighted by molar-refractivity contribution is 5.88. The quantitative estimate of drug-likeness (QED) is 0.668. The van der Waals surface area contributed by atoms with Crippen LogP contribution in [0.25, 0.3) is 5.69 Å². The summed E-state index contributed by atoms with van der Waals surface area (Å²) < 4.78 is 14.5. The van der Waals surface area contributed by atoms with Gasteiger partial charge in [0.2, 0.25) is 0 Å². The van der Waals surface area contributed by atoms with E-state index in [1.807, 2.05) is 30.3 Å². The summed E-state index contributed by atoms with van der Waals surface area (Å²) in [6.45, 7) is 0.00425. The first-order valence-corrected chi connectivity index (χ1v) is 7.70. The zero-order chi connectivity index (χ0) is 17.6. The number of halogens is 1. The molecule has 0 aliphatic rings. The predicted octanol–water partition coefficient (Wildman–Crippen LogP) is 2.87. The Balaban J connectivity index is 1.53. The van der Waals surface area contributed by atoms with Gasteiger partial charge in [0, 0.05) is 6.54 Å². The second-order valence-electron chi connectivity index (χ2n) is 5.41. The summed E-state index contributed by atoms with van der Waals surface area (Å²) in [5.41, 5.74) is 1.93. The van der Waals surface area contributed by atoms with Crippen LogP contribution in [-0.4, -0.2) is 27.5 Å². The van der Waals surface area contributed by atoms with Crippen molar-refractivity contribution >= 4 is 11.7 Å². The Bertz CT molecular complexity index is 834. The van der Waals surface area contributed by atoms with Crippen LogP contribution in [0.15, 0.2) is 67.0 Å². The summed E-state index contributed by atoms with van der Waals surface area (Å²) in [7, 11) is 0. The Morgan fingerprint density at radius 1 is 1.16 bits per heavy atom. The molecule has 25 heavy (non-hydrogen) atoms. The van der Waals surface area contributed by atoms with Gasteiger partial charge in [-0.25, -0.2) is 13.9 Å². The number of carbonyl (C=O) groups is 1. The molecule has 3 rings (SSSR count). The van der Waals surface area contributed by atoms with Crippen molar-refractivity contribution in [2.75, 3.05) is 11.9 Å². The second-order valence-corrected chi connectivity index (χ2v) is 5.41. The van der Waals surface area contributed by atoms with Crippen molar-refractivity contribution in [2.24, 2.45) is 0 Å². The summed E-state index contributed by atoms with van der Waals surface area (Å²) in [4.78, 5) is 11.9. The van der Waals surface area contributed by atoms with E-state index in [0.29, 0.717) is 11.3 Å². The van der Waals surface area contributed by atoms with Gasteiger partial charge in [0.25, 0.3) is 0 Å². The zero-order valence-corrected chi connectivity index (χ0v) is 13.3. The Kier molecular flexibility index (Phi) is 5.06. The molecule has 7 heteroatoms. The van der Waals surface area contributed by atoms with Crippen molar-refractivity contribution in [3.63, 3.8) is 0 Å². The maximum absolute atomic E-state index is 12.9. The Morgan fingerprint density at radius 2 is 1.88 bits per heavy atom. The lowest BCUT2D eigenvalue weighted by Gasteiger charge is -2.12. The first-order valence-electron chi connectivity index (χ1n) is 7.70. The number of carbonyl (C=O) groups excluding carboxylic acids is 1. The first kappa shape index (κ1) is 16.7. The Labute approximate surface area is 143 Å². The number of anilines is 1. The Hall–Kier alpha value is -3.19. The number of urea groups is 1. The van der Waals surface area contributed by atoms with Crippen LogP contribution in [0, 0.1) is 5.82 Å². The number of hydrogen-bond acceptors (Lipinski definition) is 3. The smallest absolute Gasteiger partial charge is 0.319 e. The minimum absolute atomic E-state index is 0.00425. The average Bonchev–Trinajstić information content (AvgIpc) is 3.09. The summed E-state index contributed by atoms with van der Waals surface area (Å²) >= 11 is 0. The highest BCUT2D eigenvalue weighted by atomic mass is 19.1. The zero-order valence-electron chi connectivity index (χ0n) is 13.3. The molecule has 3 N–H and O–H groups in total. The molecule has 1 aromatic heterocycles. The van der Waals surface area contributed by atoms with Crippen LogP contribution in [0.5, 0.6) is 0 Å². The lowest BCUT2D eigenvalue weighted by atomic mass is 10.1. The lowest BCUT2D eigenvalue weighted by Crippen LogP contribution is -2.32. The van der Waals surface area contributed by atoms with Crippen LogP contribution in [-0.2, 0) is 0 Å². The molecular weight excluding hydrogens is 323 g/mol. The van der Waals surface area contributed by atoms with Crippen molar-refractivity contribution in [1.29, 1.82) is 0 Å². The minimum Gasteiger partial charge on any atom is -0.387 e. The third kappa shape index (κ3) is 4.42. The number of amides is 2. The van der Waals surface area contributed by atoms with Crippen LogP contribution < -0.4 is 10.6 Å². The van der Waals surface area contributed by atoms with Crippen molar-refractivity contribution < 1.29 is 14.3 Å². The fraction of sp³-hybridized carbons (Fsp3) is 0.111. The molecule has 0 fully saturated rings. The molecule has 0 spiro atoms. The molecule has 128 valence electrons. The van der Waals surface area contributed by atoms with E-state index in [4.69, 9.17) is 0 Å². The molecule has 1 heterocycles. The van der Waals surface area contributed by atoms with Crippen molar-refractivity contribution in [3.8, 4) is 5.69 Å². The number of aliphatic hydroxyl groups is 1. The molecule has 0 saturated heterocycles. The average molecular weight is 340 g/mol. The largest absolute Gasteiger partial charge is 0.387 e. The molecule has 0 aliphatic carbocycles. The molecule has 0 aliphatic heterocycles. The van der Waals surface area contributed by atoms with Crippen LogP contribution in [0.3, 0.4) is 0 Å². The maximum atomic E-state index is 12.9. The topological polar surface area (TPSA) is 79.2 Å². The number of nitrogens with one attached hydrogen (secondary N) is 2. The first-order chi connectivity index (χ1) is 12.1. The molecule has 2 aromatic carbocycles. The van der Waals surface area contributed by atoms with E-state index in [1.165, 1.54) is 30.5 Å². The summed E-state index contributed by atoms with van der Waals surface area (Å²) in [6.07, 6.45) is 2.30. The molecule has 1 unspecified atom stereocenters. The van der Waals surface area contributed by atoms with Gasteiger partial charge in [0.15, 0.2) is 0 Å². The van der Waals surface area contributed by atoms with E-state index in [2.05, 4.69) is 15.7 Å². The standard InChI is InChI=1S/C18H17FN4O2/c19-14-8-6-13(7-9-14)17(24)11-20-18(25)22-15-10-21-23(12-15)16-4-2-1-3-5-16/h1-10,12,17,24H,11H2,(H2,20,22,25). The van der Waals surface area contributed by atoms with Gasteiger partial charge < -0.3 is 15.7 Å². The number of nitrogens with zero attached hydrogens (tertiary/aromatic N) is 2. The van der Waals surface area contributed by atoms with Crippen LogP contribution >= 0.6 is 0 Å². The van der Waals surface area contributed by atoms with E-state index in [0.717, 1.165) is 5.69 Å². The van der Waals surface area contributed by atoms with Gasteiger partial charge in [-0.2, -0.15) is 5.10 Å². The van der Waals surface area contributed by atoms with Gasteiger partial charge >= 0.3 is 6.03 Å². The van der Waals surface area contributed by atoms with Gasteiger partial charge in [-0.3, -0.25) is 0 Å². The van der Waals surface area contributed by atoms with E-state index in [1.54, 1.807) is 10.9 Å². The predicted molar refractivity (Wildman–Crippen MR) is 91.9 cm³/mol.